The summed E-state index contributed by atoms with van der Waals surface area (Å²) in [7, 11) is 1.76. The number of hydrogen-bond acceptors (Lipinski definition) is 2. The van der Waals surface area contributed by atoms with Crippen LogP contribution in [0.25, 0.3) is 6.08 Å². The fourth-order valence-electron chi connectivity index (χ4n) is 7.00. The van der Waals surface area contributed by atoms with Crippen LogP contribution in [0.2, 0.25) is 0 Å². The van der Waals surface area contributed by atoms with Gasteiger partial charge in [-0.15, -0.1) is 0 Å². The highest BCUT2D eigenvalue weighted by molar-refractivity contribution is 6.06. The van der Waals surface area contributed by atoms with E-state index in [0.717, 1.165) is 49.0 Å². The van der Waals surface area contributed by atoms with E-state index in [0.29, 0.717) is 23.5 Å². The molecule has 0 saturated heterocycles. The van der Waals surface area contributed by atoms with Gasteiger partial charge >= 0.3 is 0 Å². The number of rotatable bonds is 6. The molecule has 3 aliphatic rings. The van der Waals surface area contributed by atoms with Crippen LogP contribution in [-0.2, 0) is 17.6 Å². The molecule has 3 fully saturated rings. The zero-order chi connectivity index (χ0) is 23.6. The first-order chi connectivity index (χ1) is 16.0. The van der Waals surface area contributed by atoms with Crippen LogP contribution in [0, 0.1) is 23.2 Å². The molecule has 0 spiro atoms. The summed E-state index contributed by atoms with van der Waals surface area (Å²) < 4.78 is 5.70. The predicted octanol–water partition coefficient (Wildman–Crippen LogP) is 7.68. The maximum Gasteiger partial charge on any atom is 0.165 e. The first-order valence-corrected chi connectivity index (χ1v) is 12.9. The summed E-state index contributed by atoms with van der Waals surface area (Å²) in [6.07, 6.45) is 19.2. The second kappa shape index (κ2) is 9.87. The summed E-state index contributed by atoms with van der Waals surface area (Å²) >= 11 is 0. The second-order valence-corrected chi connectivity index (χ2v) is 10.4. The lowest BCUT2D eigenvalue weighted by Gasteiger charge is -2.48. The molecular weight excluding hydrogens is 404 g/mol. The quantitative estimate of drug-likeness (QED) is 0.332. The van der Waals surface area contributed by atoms with Crippen molar-refractivity contribution < 1.29 is 9.53 Å². The fourth-order valence-corrected chi connectivity index (χ4v) is 7.00. The number of ketones is 1. The maximum atomic E-state index is 13.7. The molecule has 4 rings (SSSR count). The minimum absolute atomic E-state index is 0.194. The Bertz CT molecular complexity index is 983. The van der Waals surface area contributed by atoms with Crippen LogP contribution in [0.1, 0.15) is 76.0 Å². The molecule has 0 heterocycles. The lowest BCUT2D eigenvalue weighted by molar-refractivity contribution is -0.127. The van der Waals surface area contributed by atoms with Crippen molar-refractivity contribution in [1.29, 1.82) is 0 Å². The molecule has 0 amide bonds. The SMILES string of the molecule is C=C/C=C\C=C1/CCCC2C1CCC1(C)C(=O)/C(=C/c3cc(CC)c(OC)c(CC)c3)CC21. The normalized spacial score (nSPS) is 31.8. The summed E-state index contributed by atoms with van der Waals surface area (Å²) in [5, 5.41) is 0. The molecule has 0 aliphatic heterocycles. The van der Waals surface area contributed by atoms with E-state index in [2.05, 4.69) is 57.7 Å². The standard InChI is InChI=1S/C31H40O2/c1-6-9-10-12-24-13-11-14-27-26(24)15-16-31(4)28(27)20-25(30(31)32)19-21-17-22(7-2)29(33-5)23(8-3)18-21/h6,9-10,12,17-19,26-28H,1,7-8,11,13-16,20H2,2-5H3/b10-9-,24-12+,25-19+. The van der Waals surface area contributed by atoms with Crippen LogP contribution >= 0.6 is 0 Å². The molecule has 1 aromatic carbocycles. The van der Waals surface area contributed by atoms with Gasteiger partial charge in [-0.3, -0.25) is 4.79 Å². The lowest BCUT2D eigenvalue weighted by atomic mass is 9.55. The van der Waals surface area contributed by atoms with Gasteiger partial charge in [0.2, 0.25) is 0 Å². The van der Waals surface area contributed by atoms with Crippen LogP contribution in [0.3, 0.4) is 0 Å². The van der Waals surface area contributed by atoms with E-state index in [1.807, 2.05) is 12.2 Å². The third-order valence-electron chi connectivity index (χ3n) is 8.69. The third-order valence-corrected chi connectivity index (χ3v) is 8.69. The smallest absolute Gasteiger partial charge is 0.165 e. The molecule has 4 unspecified atom stereocenters. The molecule has 0 aromatic heterocycles. The van der Waals surface area contributed by atoms with Crippen LogP contribution < -0.4 is 4.74 Å². The minimum Gasteiger partial charge on any atom is -0.496 e. The van der Waals surface area contributed by atoms with Crippen molar-refractivity contribution >= 4 is 11.9 Å². The van der Waals surface area contributed by atoms with Crippen LogP contribution in [0.15, 0.2) is 54.2 Å². The minimum atomic E-state index is -0.194. The Morgan fingerprint density at radius 1 is 1.15 bits per heavy atom. The summed E-state index contributed by atoms with van der Waals surface area (Å²) in [4.78, 5) is 13.7. The molecule has 1 aromatic rings. The predicted molar refractivity (Wildman–Crippen MR) is 138 cm³/mol. The van der Waals surface area contributed by atoms with Gasteiger partial charge in [0.05, 0.1) is 7.11 Å². The Kier molecular flexibility index (Phi) is 7.12. The van der Waals surface area contributed by atoms with E-state index in [1.165, 1.54) is 30.4 Å². The Morgan fingerprint density at radius 3 is 2.52 bits per heavy atom. The first-order valence-electron chi connectivity index (χ1n) is 12.9. The Hall–Kier alpha value is -2.35. The maximum absolute atomic E-state index is 13.7. The number of ether oxygens (including phenoxy) is 1. The van der Waals surface area contributed by atoms with E-state index in [-0.39, 0.29) is 5.41 Å². The topological polar surface area (TPSA) is 26.3 Å². The van der Waals surface area contributed by atoms with Gasteiger partial charge in [0.15, 0.2) is 5.78 Å². The van der Waals surface area contributed by atoms with Crippen LogP contribution in [0.4, 0.5) is 0 Å². The number of carbonyl (C=O) groups excluding carboxylic acids is 1. The number of methoxy groups -OCH3 is 1. The molecule has 176 valence electrons. The number of carbonyl (C=O) groups is 1. The zero-order valence-corrected chi connectivity index (χ0v) is 21.0. The third kappa shape index (κ3) is 4.29. The zero-order valence-electron chi connectivity index (χ0n) is 21.0. The first kappa shape index (κ1) is 23.8. The van der Waals surface area contributed by atoms with Crippen molar-refractivity contribution in [3.8, 4) is 5.75 Å². The number of aryl methyl sites for hydroxylation is 2. The molecule has 4 atom stereocenters. The van der Waals surface area contributed by atoms with Crippen LogP contribution in [0.5, 0.6) is 5.75 Å². The Morgan fingerprint density at radius 2 is 1.88 bits per heavy atom. The summed E-state index contributed by atoms with van der Waals surface area (Å²) in [5.74, 6) is 3.15. The van der Waals surface area contributed by atoms with E-state index in [4.69, 9.17) is 4.74 Å². The molecule has 2 heteroatoms. The van der Waals surface area contributed by atoms with E-state index < -0.39 is 0 Å². The highest BCUT2D eigenvalue weighted by atomic mass is 16.5. The highest BCUT2D eigenvalue weighted by Crippen LogP contribution is 2.60. The van der Waals surface area contributed by atoms with Gasteiger partial charge in [-0.1, -0.05) is 57.2 Å². The van der Waals surface area contributed by atoms with Gasteiger partial charge < -0.3 is 4.74 Å². The lowest BCUT2D eigenvalue weighted by Crippen LogP contribution is -2.43. The summed E-state index contributed by atoms with van der Waals surface area (Å²) in [6, 6.07) is 4.44. The molecule has 3 saturated carbocycles. The van der Waals surface area contributed by atoms with Crippen molar-refractivity contribution in [3.63, 3.8) is 0 Å². The van der Waals surface area contributed by atoms with E-state index in [1.54, 1.807) is 12.7 Å². The van der Waals surface area contributed by atoms with Crippen molar-refractivity contribution in [3.05, 3.63) is 70.9 Å². The molecule has 33 heavy (non-hydrogen) atoms. The van der Waals surface area contributed by atoms with E-state index in [9.17, 15) is 4.79 Å². The molecule has 0 bridgehead atoms. The largest absolute Gasteiger partial charge is 0.496 e. The van der Waals surface area contributed by atoms with Gasteiger partial charge in [-0.05, 0) is 110 Å². The van der Waals surface area contributed by atoms with Gasteiger partial charge in [0.1, 0.15) is 5.75 Å². The van der Waals surface area contributed by atoms with Gasteiger partial charge in [-0.25, -0.2) is 0 Å². The van der Waals surface area contributed by atoms with Gasteiger partial charge in [0, 0.05) is 5.41 Å². The molecule has 0 N–H and O–H groups in total. The van der Waals surface area contributed by atoms with Crippen LogP contribution in [-0.4, -0.2) is 12.9 Å². The summed E-state index contributed by atoms with van der Waals surface area (Å²) in [6.45, 7) is 10.4. The number of hydrogen-bond donors (Lipinski definition) is 0. The number of allylic oxidation sites excluding steroid dienone is 6. The number of Topliss-reactive ketones (excluding diaryl/α,β-unsaturated/α-hetero) is 1. The van der Waals surface area contributed by atoms with Crippen molar-refractivity contribution in [2.24, 2.45) is 23.2 Å². The van der Waals surface area contributed by atoms with Crippen molar-refractivity contribution in [2.45, 2.75) is 72.1 Å². The average Bonchev–Trinajstić information content (AvgIpc) is 3.09. The summed E-state index contributed by atoms with van der Waals surface area (Å²) in [5.41, 5.74) is 6.05. The highest BCUT2D eigenvalue weighted by Gasteiger charge is 2.56. The van der Waals surface area contributed by atoms with Gasteiger partial charge in [0.25, 0.3) is 0 Å². The number of fused-ring (bicyclic) bond motifs is 3. The fraction of sp³-hybridized carbons (Fsp3) is 0.516. The molecule has 2 nitrogen and oxygen atoms in total. The average molecular weight is 445 g/mol. The second-order valence-electron chi connectivity index (χ2n) is 10.4. The van der Waals surface area contributed by atoms with Crippen molar-refractivity contribution in [1.82, 2.24) is 0 Å². The van der Waals surface area contributed by atoms with Crippen molar-refractivity contribution in [2.75, 3.05) is 7.11 Å². The monoisotopic (exact) mass is 444 g/mol. The van der Waals surface area contributed by atoms with Gasteiger partial charge in [-0.2, -0.15) is 0 Å². The van der Waals surface area contributed by atoms with E-state index >= 15 is 0 Å². The Balaban J connectivity index is 1.66. The molecular formula is C31H40O2. The molecule has 3 aliphatic carbocycles. The Labute approximate surface area is 200 Å². The number of benzene rings is 1. The molecule has 0 radical (unpaired) electrons.